The molecule has 0 saturated heterocycles. The molecule has 88 valence electrons. The molecule has 0 aliphatic heterocycles. The minimum atomic E-state index is 0.528. The second-order valence-corrected chi connectivity index (χ2v) is 3.81. The van der Waals surface area contributed by atoms with Crippen LogP contribution in [0.4, 0.5) is 5.69 Å². The summed E-state index contributed by atoms with van der Waals surface area (Å²) in [4.78, 5) is 4.14. The average molecular weight is 228 g/mol. The van der Waals surface area contributed by atoms with Crippen molar-refractivity contribution in [1.82, 2.24) is 4.98 Å². The number of ether oxygens (including phenoxy) is 1. The zero-order chi connectivity index (χ0) is 12.1. The van der Waals surface area contributed by atoms with Gasteiger partial charge in [0.15, 0.2) is 0 Å². The highest BCUT2D eigenvalue weighted by Gasteiger charge is 2.05. The topological polar surface area (TPSA) is 34.1 Å². The van der Waals surface area contributed by atoms with Crippen molar-refractivity contribution in [3.8, 4) is 5.88 Å². The van der Waals surface area contributed by atoms with Gasteiger partial charge < -0.3 is 10.1 Å². The lowest BCUT2D eigenvalue weighted by atomic mass is 10.1. The van der Waals surface area contributed by atoms with E-state index in [1.54, 1.807) is 6.20 Å². The van der Waals surface area contributed by atoms with Crippen molar-refractivity contribution in [3.63, 3.8) is 0 Å². The first kappa shape index (κ1) is 11.5. The van der Waals surface area contributed by atoms with Crippen molar-refractivity contribution < 1.29 is 4.74 Å². The summed E-state index contributed by atoms with van der Waals surface area (Å²) in [5.74, 6) is 0.651. The first-order valence-corrected chi connectivity index (χ1v) is 5.61. The lowest BCUT2D eigenvalue weighted by molar-refractivity contribution is 0.294. The van der Waals surface area contributed by atoms with Crippen molar-refractivity contribution in [1.29, 1.82) is 0 Å². The third kappa shape index (κ3) is 2.75. The Bertz CT molecular complexity index is 483. The molecule has 0 bridgehead atoms. The molecule has 17 heavy (non-hydrogen) atoms. The smallest absolute Gasteiger partial charge is 0.213 e. The molecule has 2 rings (SSSR count). The molecule has 0 atom stereocenters. The Labute approximate surface area is 101 Å². The number of nitrogens with zero attached hydrogens (tertiary/aromatic N) is 1. The van der Waals surface area contributed by atoms with Gasteiger partial charge >= 0.3 is 0 Å². The van der Waals surface area contributed by atoms with Crippen molar-refractivity contribution >= 4 is 5.69 Å². The van der Waals surface area contributed by atoms with Gasteiger partial charge in [-0.15, -0.1) is 0 Å². The molecule has 0 aliphatic carbocycles. The largest absolute Gasteiger partial charge is 0.473 e. The molecule has 0 fully saturated rings. The Morgan fingerprint density at radius 1 is 1.18 bits per heavy atom. The summed E-state index contributed by atoms with van der Waals surface area (Å²) in [5, 5.41) is 3.17. The summed E-state index contributed by atoms with van der Waals surface area (Å²) in [6.45, 7) is 2.61. The molecule has 1 aromatic heterocycles. The normalized spacial score (nSPS) is 10.0. The zero-order valence-corrected chi connectivity index (χ0v) is 10.1. The van der Waals surface area contributed by atoms with Crippen LogP contribution in [0.5, 0.6) is 5.88 Å². The van der Waals surface area contributed by atoms with Gasteiger partial charge in [-0.05, 0) is 24.6 Å². The molecule has 1 heterocycles. The summed E-state index contributed by atoms with van der Waals surface area (Å²) in [5.41, 5.74) is 3.48. The quantitative estimate of drug-likeness (QED) is 0.873. The van der Waals surface area contributed by atoms with Crippen LogP contribution in [0.25, 0.3) is 0 Å². The van der Waals surface area contributed by atoms with E-state index >= 15 is 0 Å². The predicted molar refractivity (Wildman–Crippen MR) is 69.3 cm³/mol. The van der Waals surface area contributed by atoms with Crippen LogP contribution in [-0.4, -0.2) is 12.0 Å². The number of benzene rings is 1. The predicted octanol–water partition coefficient (Wildman–Crippen LogP) is 3.01. The van der Waals surface area contributed by atoms with Gasteiger partial charge in [-0.3, -0.25) is 0 Å². The Balaban J connectivity index is 2.14. The molecule has 0 aliphatic rings. The molecule has 3 heteroatoms. The molecule has 3 nitrogen and oxygen atoms in total. The molecule has 1 aromatic carbocycles. The fraction of sp³-hybridized carbons (Fsp3) is 0.214. The van der Waals surface area contributed by atoms with Gasteiger partial charge in [0.1, 0.15) is 6.61 Å². The van der Waals surface area contributed by atoms with E-state index in [0.717, 1.165) is 5.69 Å². The van der Waals surface area contributed by atoms with Gasteiger partial charge in [-0.25, -0.2) is 4.98 Å². The second-order valence-electron chi connectivity index (χ2n) is 3.81. The van der Waals surface area contributed by atoms with E-state index in [2.05, 4.69) is 23.3 Å². The fourth-order valence-electron chi connectivity index (χ4n) is 1.71. The van der Waals surface area contributed by atoms with Crippen LogP contribution in [0.2, 0.25) is 0 Å². The molecular formula is C14H16N2O. The maximum absolute atomic E-state index is 5.66. The van der Waals surface area contributed by atoms with Gasteiger partial charge in [0.25, 0.3) is 0 Å². The second kappa shape index (κ2) is 5.34. The molecule has 2 aromatic rings. The van der Waals surface area contributed by atoms with Crippen molar-refractivity contribution in [2.24, 2.45) is 0 Å². The number of hydrogen-bond donors (Lipinski definition) is 1. The van der Waals surface area contributed by atoms with E-state index in [9.17, 15) is 0 Å². The number of nitrogens with one attached hydrogen (secondary N) is 1. The van der Waals surface area contributed by atoms with Crippen molar-refractivity contribution in [3.05, 3.63) is 53.7 Å². The van der Waals surface area contributed by atoms with Crippen LogP contribution in [0.1, 0.15) is 11.1 Å². The summed E-state index contributed by atoms with van der Waals surface area (Å²) < 4.78 is 5.66. The summed E-state index contributed by atoms with van der Waals surface area (Å²) in [6, 6.07) is 11.8. The van der Waals surface area contributed by atoms with Gasteiger partial charge in [-0.1, -0.05) is 18.2 Å². The SMILES string of the molecule is CNc1cccc(C)c1COc1ccccn1. The van der Waals surface area contributed by atoms with E-state index < -0.39 is 0 Å². The van der Waals surface area contributed by atoms with Gasteiger partial charge in [-0.2, -0.15) is 0 Å². The maximum atomic E-state index is 5.66. The van der Waals surface area contributed by atoms with Gasteiger partial charge in [0, 0.05) is 30.6 Å². The van der Waals surface area contributed by atoms with Crippen LogP contribution in [-0.2, 0) is 6.61 Å². The first-order chi connectivity index (χ1) is 8.31. The number of aryl methyl sites for hydroxylation is 1. The van der Waals surface area contributed by atoms with Crippen LogP contribution in [0.15, 0.2) is 42.6 Å². The molecule has 0 saturated carbocycles. The first-order valence-electron chi connectivity index (χ1n) is 5.61. The highest BCUT2D eigenvalue weighted by atomic mass is 16.5. The Hall–Kier alpha value is -2.03. The lowest BCUT2D eigenvalue weighted by Gasteiger charge is -2.12. The third-order valence-electron chi connectivity index (χ3n) is 2.68. The van der Waals surface area contributed by atoms with Gasteiger partial charge in [0.05, 0.1) is 0 Å². The molecular weight excluding hydrogens is 212 g/mol. The zero-order valence-electron chi connectivity index (χ0n) is 10.1. The monoisotopic (exact) mass is 228 g/mol. The number of pyridine rings is 1. The lowest BCUT2D eigenvalue weighted by Crippen LogP contribution is -2.03. The van der Waals surface area contributed by atoms with E-state index in [4.69, 9.17) is 4.74 Å². The molecule has 0 unspecified atom stereocenters. The highest BCUT2D eigenvalue weighted by Crippen LogP contribution is 2.20. The highest BCUT2D eigenvalue weighted by molar-refractivity contribution is 5.53. The van der Waals surface area contributed by atoms with E-state index in [0.29, 0.717) is 12.5 Å². The Morgan fingerprint density at radius 3 is 2.76 bits per heavy atom. The van der Waals surface area contributed by atoms with Crippen molar-refractivity contribution in [2.45, 2.75) is 13.5 Å². The van der Waals surface area contributed by atoms with E-state index in [1.807, 2.05) is 37.4 Å². The number of hydrogen-bond acceptors (Lipinski definition) is 3. The van der Waals surface area contributed by atoms with Gasteiger partial charge in [0.2, 0.25) is 5.88 Å². The molecule has 0 spiro atoms. The summed E-state index contributed by atoms with van der Waals surface area (Å²) >= 11 is 0. The Kier molecular flexibility index (Phi) is 3.60. The molecule has 1 N–H and O–H groups in total. The molecule has 0 amide bonds. The maximum Gasteiger partial charge on any atom is 0.213 e. The summed E-state index contributed by atoms with van der Waals surface area (Å²) in [6.07, 6.45) is 1.73. The minimum absolute atomic E-state index is 0.528. The van der Waals surface area contributed by atoms with Crippen LogP contribution in [0, 0.1) is 6.92 Å². The van der Waals surface area contributed by atoms with E-state index in [-0.39, 0.29) is 0 Å². The number of rotatable bonds is 4. The number of aromatic nitrogens is 1. The number of anilines is 1. The fourth-order valence-corrected chi connectivity index (χ4v) is 1.71. The third-order valence-corrected chi connectivity index (χ3v) is 2.68. The molecule has 0 radical (unpaired) electrons. The van der Waals surface area contributed by atoms with Crippen LogP contribution < -0.4 is 10.1 Å². The minimum Gasteiger partial charge on any atom is -0.473 e. The average Bonchev–Trinajstić information content (AvgIpc) is 2.38. The standard InChI is InChI=1S/C14H16N2O/c1-11-6-5-7-13(15-2)12(11)10-17-14-8-3-4-9-16-14/h3-9,15H,10H2,1-2H3. The van der Waals surface area contributed by atoms with Crippen LogP contribution in [0.3, 0.4) is 0 Å². The van der Waals surface area contributed by atoms with Crippen molar-refractivity contribution in [2.75, 3.05) is 12.4 Å². The summed E-state index contributed by atoms with van der Waals surface area (Å²) in [7, 11) is 1.92. The van der Waals surface area contributed by atoms with E-state index in [1.165, 1.54) is 11.1 Å². The Morgan fingerprint density at radius 2 is 2.06 bits per heavy atom. The van der Waals surface area contributed by atoms with Crippen LogP contribution >= 0.6 is 0 Å².